The molecule has 0 unspecified atom stereocenters. The highest BCUT2D eigenvalue weighted by Crippen LogP contribution is 2.47. The van der Waals surface area contributed by atoms with E-state index in [1.54, 1.807) is 7.11 Å². The molecule has 0 aliphatic heterocycles. The van der Waals surface area contributed by atoms with E-state index in [4.69, 9.17) is 14.2 Å². The van der Waals surface area contributed by atoms with Gasteiger partial charge in [0.05, 0.1) is 12.5 Å². The summed E-state index contributed by atoms with van der Waals surface area (Å²) in [7, 11) is 1.69. The molecule has 5 aromatic rings. The molecule has 3 nitrogen and oxygen atoms in total. The number of hydrogen-bond donors (Lipinski definition) is 0. The van der Waals surface area contributed by atoms with Gasteiger partial charge in [-0.15, -0.1) is 0 Å². The third-order valence-electron chi connectivity index (χ3n) is 5.04. The minimum absolute atomic E-state index is 0.630. The van der Waals surface area contributed by atoms with E-state index in [2.05, 4.69) is 18.2 Å². The summed E-state index contributed by atoms with van der Waals surface area (Å²) in [5.41, 5.74) is 0. The first kappa shape index (κ1) is 18.1. The van der Waals surface area contributed by atoms with Crippen molar-refractivity contribution in [2.24, 2.45) is 0 Å². The fourth-order valence-corrected chi connectivity index (χ4v) is 3.68. The van der Waals surface area contributed by atoms with Crippen LogP contribution in [-0.2, 0) is 0 Å². The second-order valence-corrected chi connectivity index (χ2v) is 6.95. The van der Waals surface area contributed by atoms with E-state index in [0.29, 0.717) is 11.5 Å². The summed E-state index contributed by atoms with van der Waals surface area (Å²) in [5.74, 6) is 3.51. The second-order valence-electron chi connectivity index (χ2n) is 6.95. The van der Waals surface area contributed by atoms with Gasteiger partial charge in [0, 0.05) is 5.39 Å². The molecule has 0 atom stereocenters. The highest BCUT2D eigenvalue weighted by Gasteiger charge is 2.19. The summed E-state index contributed by atoms with van der Waals surface area (Å²) in [4.78, 5) is 0. The molecule has 0 aliphatic carbocycles. The van der Waals surface area contributed by atoms with Crippen molar-refractivity contribution >= 4 is 21.5 Å². The van der Waals surface area contributed by atoms with E-state index in [9.17, 15) is 0 Å². The van der Waals surface area contributed by atoms with E-state index < -0.39 is 0 Å². The van der Waals surface area contributed by atoms with Gasteiger partial charge in [0.2, 0.25) is 0 Å². The lowest BCUT2D eigenvalue weighted by Gasteiger charge is -2.18. The van der Waals surface area contributed by atoms with Crippen LogP contribution in [0.2, 0.25) is 0 Å². The van der Waals surface area contributed by atoms with Crippen LogP contribution in [0.4, 0.5) is 0 Å². The fourth-order valence-electron chi connectivity index (χ4n) is 3.68. The molecule has 0 saturated heterocycles. The summed E-state index contributed by atoms with van der Waals surface area (Å²) in [5, 5.41) is 4.05. The predicted octanol–water partition coefficient (Wildman–Crippen LogP) is 7.59. The monoisotopic (exact) mass is 392 g/mol. The molecule has 146 valence electrons. The highest BCUT2D eigenvalue weighted by molar-refractivity contribution is 6.08. The molecule has 0 saturated carbocycles. The highest BCUT2D eigenvalue weighted by atomic mass is 16.5. The van der Waals surface area contributed by atoms with Gasteiger partial charge in [0.25, 0.3) is 0 Å². The third-order valence-corrected chi connectivity index (χ3v) is 5.04. The van der Waals surface area contributed by atoms with E-state index in [-0.39, 0.29) is 0 Å². The van der Waals surface area contributed by atoms with Gasteiger partial charge in [-0.2, -0.15) is 0 Å². The number of hydrogen-bond acceptors (Lipinski definition) is 3. The molecule has 0 amide bonds. The Bertz CT molecular complexity index is 1310. The van der Waals surface area contributed by atoms with Crippen LogP contribution in [0.5, 0.6) is 28.7 Å². The maximum Gasteiger partial charge on any atom is 0.181 e. The minimum Gasteiger partial charge on any atom is -0.495 e. The van der Waals surface area contributed by atoms with Gasteiger partial charge < -0.3 is 14.2 Å². The van der Waals surface area contributed by atoms with Crippen LogP contribution < -0.4 is 14.2 Å². The molecular formula is C27H20O3. The molecule has 0 heterocycles. The first-order valence-corrected chi connectivity index (χ1v) is 9.82. The average Bonchev–Trinajstić information content (AvgIpc) is 2.80. The third kappa shape index (κ3) is 3.31. The molecule has 3 heteroatoms. The lowest BCUT2D eigenvalue weighted by molar-refractivity contribution is 0.411. The fraction of sp³-hybridized carbons (Fsp3) is 0.0370. The smallest absolute Gasteiger partial charge is 0.181 e. The van der Waals surface area contributed by atoms with Gasteiger partial charge in [0.1, 0.15) is 17.2 Å². The Kier molecular flexibility index (Phi) is 4.70. The van der Waals surface area contributed by atoms with E-state index in [1.807, 2.05) is 84.9 Å². The zero-order valence-electron chi connectivity index (χ0n) is 16.5. The first-order valence-electron chi connectivity index (χ1n) is 9.82. The average molecular weight is 392 g/mol. The van der Waals surface area contributed by atoms with Crippen molar-refractivity contribution in [2.75, 3.05) is 7.11 Å². The number of para-hydroxylation sites is 2. The predicted molar refractivity (Wildman–Crippen MR) is 121 cm³/mol. The molecule has 0 aromatic heterocycles. The van der Waals surface area contributed by atoms with Crippen LogP contribution in [0.3, 0.4) is 0 Å². The standard InChI is InChI=1S/C27H20O3/c1-28-26-23-15-9-8-10-19(23)18-20-16-17-24(29-21-11-4-2-5-12-21)27(25(20)26)30-22-13-6-3-7-14-22/h2-18H,1H3. The Hall–Kier alpha value is -3.98. The van der Waals surface area contributed by atoms with Crippen molar-refractivity contribution in [2.45, 2.75) is 0 Å². The summed E-state index contributed by atoms with van der Waals surface area (Å²) in [6, 6.07) is 33.8. The topological polar surface area (TPSA) is 27.7 Å². The van der Waals surface area contributed by atoms with Gasteiger partial charge in [-0.25, -0.2) is 0 Å². The van der Waals surface area contributed by atoms with Crippen LogP contribution in [0.15, 0.2) is 103 Å². The zero-order valence-corrected chi connectivity index (χ0v) is 16.5. The Morgan fingerprint density at radius 3 is 1.87 bits per heavy atom. The van der Waals surface area contributed by atoms with Gasteiger partial charge in [-0.1, -0.05) is 66.7 Å². The SMILES string of the molecule is COc1c2ccccc2cc2ccc(Oc3ccccc3)c(Oc3ccccc3)c12. The van der Waals surface area contributed by atoms with E-state index >= 15 is 0 Å². The quantitative estimate of drug-likeness (QED) is 0.288. The number of fused-ring (bicyclic) bond motifs is 2. The number of ether oxygens (including phenoxy) is 3. The molecule has 0 fully saturated rings. The van der Waals surface area contributed by atoms with E-state index in [0.717, 1.165) is 38.8 Å². The maximum atomic E-state index is 6.38. The van der Waals surface area contributed by atoms with Gasteiger partial charge in [-0.05, 0) is 47.2 Å². The molecule has 5 rings (SSSR count). The Morgan fingerprint density at radius 2 is 1.17 bits per heavy atom. The molecule has 0 N–H and O–H groups in total. The normalized spacial score (nSPS) is 10.8. The largest absolute Gasteiger partial charge is 0.495 e. The summed E-state index contributed by atoms with van der Waals surface area (Å²) in [6.45, 7) is 0. The maximum absolute atomic E-state index is 6.38. The van der Waals surface area contributed by atoms with Crippen LogP contribution in [0.1, 0.15) is 0 Å². The van der Waals surface area contributed by atoms with E-state index in [1.165, 1.54) is 0 Å². The van der Waals surface area contributed by atoms with Gasteiger partial charge >= 0.3 is 0 Å². The zero-order chi connectivity index (χ0) is 20.3. The number of methoxy groups -OCH3 is 1. The van der Waals surface area contributed by atoms with Crippen molar-refractivity contribution in [1.82, 2.24) is 0 Å². The lowest BCUT2D eigenvalue weighted by atomic mass is 10.0. The lowest BCUT2D eigenvalue weighted by Crippen LogP contribution is -1.95. The Labute approximate surface area is 175 Å². The van der Waals surface area contributed by atoms with Crippen molar-refractivity contribution < 1.29 is 14.2 Å². The summed E-state index contributed by atoms with van der Waals surface area (Å²) in [6.07, 6.45) is 0. The summed E-state index contributed by atoms with van der Waals surface area (Å²) < 4.78 is 18.5. The van der Waals surface area contributed by atoms with Gasteiger partial charge in [-0.3, -0.25) is 0 Å². The van der Waals surface area contributed by atoms with Crippen molar-refractivity contribution in [3.05, 3.63) is 103 Å². The first-order chi connectivity index (χ1) is 14.8. The molecule has 0 aliphatic rings. The summed E-state index contributed by atoms with van der Waals surface area (Å²) >= 11 is 0. The van der Waals surface area contributed by atoms with Crippen LogP contribution in [-0.4, -0.2) is 7.11 Å². The van der Waals surface area contributed by atoms with Crippen LogP contribution in [0.25, 0.3) is 21.5 Å². The molecule has 0 spiro atoms. The Morgan fingerprint density at radius 1 is 0.533 bits per heavy atom. The van der Waals surface area contributed by atoms with Gasteiger partial charge in [0.15, 0.2) is 11.5 Å². The van der Waals surface area contributed by atoms with Crippen molar-refractivity contribution in [3.63, 3.8) is 0 Å². The second kappa shape index (κ2) is 7.80. The van der Waals surface area contributed by atoms with Crippen molar-refractivity contribution in [1.29, 1.82) is 0 Å². The molecule has 30 heavy (non-hydrogen) atoms. The number of rotatable bonds is 5. The van der Waals surface area contributed by atoms with Crippen LogP contribution >= 0.6 is 0 Å². The van der Waals surface area contributed by atoms with Crippen molar-refractivity contribution in [3.8, 4) is 28.7 Å². The number of benzene rings is 5. The molecule has 5 aromatic carbocycles. The molecule has 0 bridgehead atoms. The molecular weight excluding hydrogens is 372 g/mol. The Balaban J connectivity index is 1.78. The molecule has 0 radical (unpaired) electrons. The van der Waals surface area contributed by atoms with Crippen LogP contribution in [0, 0.1) is 0 Å². The minimum atomic E-state index is 0.630.